The number of piperazine rings is 1. The standard InChI is InChI=1S/C25H28N6O3S/c1-17-3-6-20(7-4-17)27-23-15-18(2)26-25(29-23)30-11-13-31(14-12-30)35(33,34)21-8-9-22-19(16-21)5-10-24(32)28-22/h3-4,6-9,15-16H,5,10-14H2,1-2H3,(H,28,32)(H,26,27,29). The first-order chi connectivity index (χ1) is 16.8. The molecule has 1 fully saturated rings. The van der Waals surface area contributed by atoms with Gasteiger partial charge in [-0.15, -0.1) is 0 Å². The van der Waals surface area contributed by atoms with E-state index in [2.05, 4.69) is 20.6 Å². The summed E-state index contributed by atoms with van der Waals surface area (Å²) in [4.78, 5) is 23.1. The molecular weight excluding hydrogens is 464 g/mol. The van der Waals surface area contributed by atoms with E-state index in [1.54, 1.807) is 18.2 Å². The third-order valence-electron chi connectivity index (χ3n) is 6.30. The summed E-state index contributed by atoms with van der Waals surface area (Å²) in [6, 6.07) is 14.9. The number of amides is 1. The zero-order valence-corrected chi connectivity index (χ0v) is 20.6. The molecule has 3 aromatic rings. The van der Waals surface area contributed by atoms with Gasteiger partial charge in [0, 0.05) is 55.7 Å². The Labute approximate surface area is 205 Å². The highest BCUT2D eigenvalue weighted by Crippen LogP contribution is 2.28. The van der Waals surface area contributed by atoms with Crippen molar-refractivity contribution in [2.75, 3.05) is 41.7 Å². The molecule has 182 valence electrons. The first-order valence-electron chi connectivity index (χ1n) is 11.7. The lowest BCUT2D eigenvalue weighted by Crippen LogP contribution is -2.49. The van der Waals surface area contributed by atoms with Gasteiger partial charge in [0.15, 0.2) is 0 Å². The van der Waals surface area contributed by atoms with Crippen LogP contribution < -0.4 is 15.5 Å². The van der Waals surface area contributed by atoms with E-state index in [4.69, 9.17) is 0 Å². The fraction of sp³-hybridized carbons (Fsp3) is 0.320. The molecule has 0 saturated carbocycles. The molecule has 0 aliphatic carbocycles. The van der Waals surface area contributed by atoms with Crippen molar-refractivity contribution in [3.8, 4) is 0 Å². The number of aryl methyl sites for hydroxylation is 3. The molecule has 35 heavy (non-hydrogen) atoms. The number of rotatable bonds is 5. The van der Waals surface area contributed by atoms with Gasteiger partial charge in [-0.2, -0.15) is 9.29 Å². The highest BCUT2D eigenvalue weighted by atomic mass is 32.2. The molecule has 9 nitrogen and oxygen atoms in total. The molecule has 10 heteroatoms. The number of anilines is 4. The second kappa shape index (κ2) is 9.27. The van der Waals surface area contributed by atoms with E-state index in [0.29, 0.717) is 56.5 Å². The lowest BCUT2D eigenvalue weighted by molar-refractivity contribution is -0.116. The van der Waals surface area contributed by atoms with E-state index in [1.807, 2.05) is 49.1 Å². The predicted molar refractivity (Wildman–Crippen MR) is 136 cm³/mol. The second-order valence-corrected chi connectivity index (χ2v) is 10.9. The third-order valence-corrected chi connectivity index (χ3v) is 8.19. The van der Waals surface area contributed by atoms with Crippen molar-refractivity contribution >= 4 is 39.1 Å². The minimum absolute atomic E-state index is 0.0418. The third kappa shape index (κ3) is 4.98. The van der Waals surface area contributed by atoms with Crippen molar-refractivity contribution in [2.45, 2.75) is 31.6 Å². The van der Waals surface area contributed by atoms with Gasteiger partial charge in [0.05, 0.1) is 4.90 Å². The number of carbonyl (C=O) groups is 1. The highest BCUT2D eigenvalue weighted by molar-refractivity contribution is 7.89. The molecule has 1 amide bonds. The summed E-state index contributed by atoms with van der Waals surface area (Å²) in [7, 11) is -3.63. The lowest BCUT2D eigenvalue weighted by Gasteiger charge is -2.34. The molecule has 0 bridgehead atoms. The van der Waals surface area contributed by atoms with Gasteiger partial charge in [-0.25, -0.2) is 13.4 Å². The lowest BCUT2D eigenvalue weighted by atomic mass is 10.0. The van der Waals surface area contributed by atoms with Gasteiger partial charge in [-0.05, 0) is 56.2 Å². The Morgan fingerprint density at radius 1 is 0.914 bits per heavy atom. The van der Waals surface area contributed by atoms with Crippen LogP contribution in [-0.2, 0) is 21.2 Å². The van der Waals surface area contributed by atoms with Crippen molar-refractivity contribution in [1.29, 1.82) is 0 Å². The van der Waals surface area contributed by atoms with Crippen molar-refractivity contribution in [2.24, 2.45) is 0 Å². The second-order valence-electron chi connectivity index (χ2n) is 8.94. The molecule has 0 unspecified atom stereocenters. The summed E-state index contributed by atoms with van der Waals surface area (Å²) in [6.07, 6.45) is 0.911. The van der Waals surface area contributed by atoms with E-state index in [1.165, 1.54) is 9.87 Å². The molecule has 0 radical (unpaired) electrons. The number of hydrogen-bond acceptors (Lipinski definition) is 7. The Kier molecular flexibility index (Phi) is 6.16. The van der Waals surface area contributed by atoms with Crippen molar-refractivity contribution in [3.05, 3.63) is 65.4 Å². The van der Waals surface area contributed by atoms with Gasteiger partial charge >= 0.3 is 0 Å². The van der Waals surface area contributed by atoms with Gasteiger partial charge in [0.2, 0.25) is 21.9 Å². The van der Waals surface area contributed by atoms with Crippen molar-refractivity contribution in [1.82, 2.24) is 14.3 Å². The fourth-order valence-electron chi connectivity index (χ4n) is 4.34. The van der Waals surface area contributed by atoms with E-state index in [0.717, 1.165) is 16.9 Å². The molecule has 0 atom stereocenters. The largest absolute Gasteiger partial charge is 0.340 e. The number of benzene rings is 2. The van der Waals surface area contributed by atoms with Gasteiger partial charge < -0.3 is 15.5 Å². The average molecular weight is 493 g/mol. The van der Waals surface area contributed by atoms with Gasteiger partial charge in [0.25, 0.3) is 0 Å². The minimum atomic E-state index is -3.63. The van der Waals surface area contributed by atoms with Gasteiger partial charge in [0.1, 0.15) is 5.82 Å². The molecule has 1 aromatic heterocycles. The van der Waals surface area contributed by atoms with Crippen LogP contribution in [0.4, 0.5) is 23.1 Å². The van der Waals surface area contributed by atoms with Crippen molar-refractivity contribution < 1.29 is 13.2 Å². The Bertz CT molecular complexity index is 1370. The zero-order valence-electron chi connectivity index (χ0n) is 19.8. The van der Waals surface area contributed by atoms with Crippen molar-refractivity contribution in [3.63, 3.8) is 0 Å². The first kappa shape index (κ1) is 23.3. The summed E-state index contributed by atoms with van der Waals surface area (Å²) in [5.41, 5.74) is 4.51. The zero-order chi connectivity index (χ0) is 24.6. The van der Waals surface area contributed by atoms with E-state index < -0.39 is 10.0 Å². The molecule has 2 N–H and O–H groups in total. The number of aromatic nitrogens is 2. The number of fused-ring (bicyclic) bond motifs is 1. The monoisotopic (exact) mass is 492 g/mol. The van der Waals surface area contributed by atoms with E-state index in [9.17, 15) is 13.2 Å². The molecule has 2 aliphatic heterocycles. The van der Waals surface area contributed by atoms with Crippen LogP contribution in [0.3, 0.4) is 0 Å². The predicted octanol–water partition coefficient (Wildman–Crippen LogP) is 3.23. The molecule has 3 heterocycles. The first-order valence-corrected chi connectivity index (χ1v) is 13.1. The average Bonchev–Trinajstić information content (AvgIpc) is 2.85. The summed E-state index contributed by atoms with van der Waals surface area (Å²) in [5.74, 6) is 1.24. The van der Waals surface area contributed by atoms with Crippen LogP contribution in [0.2, 0.25) is 0 Å². The number of nitrogens with one attached hydrogen (secondary N) is 2. The normalized spacial score (nSPS) is 16.5. The summed E-state index contributed by atoms with van der Waals surface area (Å²) in [5, 5.41) is 6.12. The Morgan fingerprint density at radius 2 is 1.66 bits per heavy atom. The Morgan fingerprint density at radius 3 is 2.40 bits per heavy atom. The quantitative estimate of drug-likeness (QED) is 0.563. The van der Waals surface area contributed by atoms with Crippen LogP contribution in [0.15, 0.2) is 53.4 Å². The van der Waals surface area contributed by atoms with Crippen LogP contribution >= 0.6 is 0 Å². The maximum atomic E-state index is 13.3. The van der Waals surface area contributed by atoms with Crippen LogP contribution in [-0.4, -0.2) is 54.8 Å². The van der Waals surface area contributed by atoms with Crippen LogP contribution in [0.1, 0.15) is 23.2 Å². The number of sulfonamides is 1. The summed E-state index contributed by atoms with van der Waals surface area (Å²) in [6.45, 7) is 5.63. The van der Waals surface area contributed by atoms with Crippen LogP contribution in [0.5, 0.6) is 0 Å². The Hall–Kier alpha value is -3.50. The molecule has 0 spiro atoms. The smallest absolute Gasteiger partial charge is 0.243 e. The van der Waals surface area contributed by atoms with E-state index in [-0.39, 0.29) is 10.8 Å². The van der Waals surface area contributed by atoms with Gasteiger partial charge in [-0.3, -0.25) is 4.79 Å². The number of carbonyl (C=O) groups excluding carboxylic acids is 1. The van der Waals surface area contributed by atoms with Crippen LogP contribution in [0, 0.1) is 13.8 Å². The maximum absolute atomic E-state index is 13.3. The molecule has 1 saturated heterocycles. The Balaban J connectivity index is 1.28. The highest BCUT2D eigenvalue weighted by Gasteiger charge is 2.30. The molecule has 2 aliphatic rings. The molecular formula is C25H28N6O3S. The summed E-state index contributed by atoms with van der Waals surface area (Å²) >= 11 is 0. The maximum Gasteiger partial charge on any atom is 0.243 e. The topological polar surface area (TPSA) is 108 Å². The number of nitrogens with zero attached hydrogens (tertiary/aromatic N) is 4. The minimum Gasteiger partial charge on any atom is -0.340 e. The van der Waals surface area contributed by atoms with Crippen LogP contribution in [0.25, 0.3) is 0 Å². The van der Waals surface area contributed by atoms with Gasteiger partial charge in [-0.1, -0.05) is 17.7 Å². The number of hydrogen-bond donors (Lipinski definition) is 2. The molecule has 2 aromatic carbocycles. The van der Waals surface area contributed by atoms with E-state index >= 15 is 0 Å². The molecule has 5 rings (SSSR count). The fourth-order valence-corrected chi connectivity index (χ4v) is 5.81. The summed E-state index contributed by atoms with van der Waals surface area (Å²) < 4.78 is 28.1. The SMILES string of the molecule is Cc1ccc(Nc2cc(C)nc(N3CCN(S(=O)(=O)c4ccc5c(c4)CCC(=O)N5)CC3)n2)cc1.